The van der Waals surface area contributed by atoms with Crippen LogP contribution in [0.5, 0.6) is 0 Å². The summed E-state index contributed by atoms with van der Waals surface area (Å²) >= 11 is 3.41. The fourth-order valence-corrected chi connectivity index (χ4v) is 4.11. The number of nitrogens with zero attached hydrogens (tertiary/aromatic N) is 2. The van der Waals surface area contributed by atoms with Crippen molar-refractivity contribution >= 4 is 39.1 Å². The SMILES string of the molecule is Cc1ccc(C(=O)N2CCN(c3ccc(NC(=O)c4ccccc4Br)cc3)CC2)cc1. The predicted octanol–water partition coefficient (Wildman–Crippen LogP) is 4.97. The molecule has 1 heterocycles. The molecular formula is C25H24BrN3O2. The second-order valence-electron chi connectivity index (χ2n) is 7.63. The topological polar surface area (TPSA) is 52.7 Å². The summed E-state index contributed by atoms with van der Waals surface area (Å²) in [6.07, 6.45) is 0. The van der Waals surface area contributed by atoms with Crippen LogP contribution < -0.4 is 10.2 Å². The van der Waals surface area contributed by atoms with Crippen molar-refractivity contribution in [2.45, 2.75) is 6.92 Å². The van der Waals surface area contributed by atoms with Crippen molar-refractivity contribution in [2.24, 2.45) is 0 Å². The smallest absolute Gasteiger partial charge is 0.256 e. The minimum Gasteiger partial charge on any atom is -0.368 e. The summed E-state index contributed by atoms with van der Waals surface area (Å²) in [6.45, 7) is 4.95. The van der Waals surface area contributed by atoms with E-state index in [-0.39, 0.29) is 11.8 Å². The Morgan fingerprint density at radius 2 is 1.48 bits per heavy atom. The maximum absolute atomic E-state index is 12.7. The van der Waals surface area contributed by atoms with E-state index in [1.807, 2.05) is 78.6 Å². The molecule has 1 fully saturated rings. The van der Waals surface area contributed by atoms with Gasteiger partial charge in [-0.3, -0.25) is 9.59 Å². The number of hydrogen-bond donors (Lipinski definition) is 1. The molecule has 2 amide bonds. The molecule has 5 nitrogen and oxygen atoms in total. The Bertz CT molecular complexity index is 1070. The maximum atomic E-state index is 12.7. The first kappa shape index (κ1) is 21.1. The number of halogens is 1. The van der Waals surface area contributed by atoms with Crippen molar-refractivity contribution in [1.82, 2.24) is 4.90 Å². The van der Waals surface area contributed by atoms with E-state index < -0.39 is 0 Å². The second kappa shape index (κ2) is 9.35. The highest BCUT2D eigenvalue weighted by Crippen LogP contribution is 2.22. The van der Waals surface area contributed by atoms with Gasteiger partial charge in [0.25, 0.3) is 11.8 Å². The van der Waals surface area contributed by atoms with Gasteiger partial charge in [0.05, 0.1) is 5.56 Å². The second-order valence-corrected chi connectivity index (χ2v) is 8.48. The van der Waals surface area contributed by atoms with Crippen LogP contribution in [-0.4, -0.2) is 42.9 Å². The number of aryl methyl sites for hydroxylation is 1. The van der Waals surface area contributed by atoms with E-state index in [1.165, 1.54) is 0 Å². The molecule has 6 heteroatoms. The van der Waals surface area contributed by atoms with E-state index in [1.54, 1.807) is 6.07 Å². The first-order valence-corrected chi connectivity index (χ1v) is 11.1. The Kier molecular flexibility index (Phi) is 6.37. The van der Waals surface area contributed by atoms with Gasteiger partial charge in [-0.05, 0) is 71.4 Å². The molecule has 0 bridgehead atoms. The molecule has 1 aliphatic heterocycles. The summed E-state index contributed by atoms with van der Waals surface area (Å²) in [5, 5.41) is 2.93. The molecule has 0 atom stereocenters. The van der Waals surface area contributed by atoms with E-state index in [0.717, 1.165) is 40.1 Å². The standard InChI is InChI=1S/C25H24BrN3O2/c1-18-6-8-19(9-7-18)25(31)29-16-14-28(15-17-29)21-12-10-20(11-13-21)27-24(30)22-4-2-3-5-23(22)26/h2-13H,14-17H2,1H3,(H,27,30). The zero-order valence-corrected chi connectivity index (χ0v) is 18.9. The number of carbonyl (C=O) groups excluding carboxylic acids is 2. The minimum atomic E-state index is -0.150. The average Bonchev–Trinajstić information content (AvgIpc) is 2.80. The molecule has 3 aromatic carbocycles. The molecule has 0 saturated carbocycles. The van der Waals surface area contributed by atoms with Gasteiger partial charge in [-0.15, -0.1) is 0 Å². The van der Waals surface area contributed by atoms with Crippen LogP contribution in [0.15, 0.2) is 77.3 Å². The molecular weight excluding hydrogens is 454 g/mol. The minimum absolute atomic E-state index is 0.0878. The lowest BCUT2D eigenvalue weighted by molar-refractivity contribution is 0.0746. The Morgan fingerprint density at radius 3 is 2.13 bits per heavy atom. The Morgan fingerprint density at radius 1 is 0.839 bits per heavy atom. The van der Waals surface area contributed by atoms with Gasteiger partial charge in [0.15, 0.2) is 0 Å². The number of carbonyl (C=O) groups is 2. The van der Waals surface area contributed by atoms with Crippen LogP contribution in [0.1, 0.15) is 26.3 Å². The van der Waals surface area contributed by atoms with Crippen LogP contribution in [0.25, 0.3) is 0 Å². The van der Waals surface area contributed by atoms with Crippen molar-refractivity contribution in [3.63, 3.8) is 0 Å². The summed E-state index contributed by atoms with van der Waals surface area (Å²) in [5.74, 6) is -0.0618. The first-order chi connectivity index (χ1) is 15.0. The third-order valence-corrected chi connectivity index (χ3v) is 6.17. The monoisotopic (exact) mass is 477 g/mol. The number of rotatable bonds is 4. The van der Waals surface area contributed by atoms with E-state index >= 15 is 0 Å². The van der Waals surface area contributed by atoms with Crippen molar-refractivity contribution in [2.75, 3.05) is 36.4 Å². The van der Waals surface area contributed by atoms with E-state index in [9.17, 15) is 9.59 Å². The number of hydrogen-bond acceptors (Lipinski definition) is 3. The van der Waals surface area contributed by atoms with Crippen molar-refractivity contribution in [3.8, 4) is 0 Å². The molecule has 1 aliphatic rings. The molecule has 0 radical (unpaired) electrons. The molecule has 3 aromatic rings. The van der Waals surface area contributed by atoms with Gasteiger partial charge in [0.1, 0.15) is 0 Å². The summed E-state index contributed by atoms with van der Waals surface area (Å²) < 4.78 is 0.766. The normalized spacial score (nSPS) is 13.7. The van der Waals surface area contributed by atoms with Gasteiger partial charge < -0.3 is 15.1 Å². The fraction of sp³-hybridized carbons (Fsp3) is 0.200. The molecule has 1 N–H and O–H groups in total. The van der Waals surface area contributed by atoms with Crippen molar-refractivity contribution < 1.29 is 9.59 Å². The Hall–Kier alpha value is -3.12. The highest BCUT2D eigenvalue weighted by molar-refractivity contribution is 9.10. The predicted molar refractivity (Wildman–Crippen MR) is 128 cm³/mol. The molecule has 4 rings (SSSR count). The molecule has 1 saturated heterocycles. The lowest BCUT2D eigenvalue weighted by Crippen LogP contribution is -2.48. The van der Waals surface area contributed by atoms with Gasteiger partial charge in [-0.1, -0.05) is 29.8 Å². The van der Waals surface area contributed by atoms with E-state index in [4.69, 9.17) is 0 Å². The molecule has 158 valence electrons. The van der Waals surface area contributed by atoms with Crippen LogP contribution in [0.2, 0.25) is 0 Å². The number of piperazine rings is 1. The molecule has 0 unspecified atom stereocenters. The highest BCUT2D eigenvalue weighted by atomic mass is 79.9. The summed E-state index contributed by atoms with van der Waals surface area (Å²) in [7, 11) is 0. The van der Waals surface area contributed by atoms with Crippen LogP contribution in [0.4, 0.5) is 11.4 Å². The first-order valence-electron chi connectivity index (χ1n) is 10.3. The summed E-state index contributed by atoms with van der Waals surface area (Å²) in [6, 6.07) is 22.9. The van der Waals surface area contributed by atoms with E-state index in [0.29, 0.717) is 18.7 Å². The largest absolute Gasteiger partial charge is 0.368 e. The summed E-state index contributed by atoms with van der Waals surface area (Å²) in [4.78, 5) is 29.3. The lowest BCUT2D eigenvalue weighted by atomic mass is 10.1. The Labute approximate surface area is 190 Å². The maximum Gasteiger partial charge on any atom is 0.256 e. The zero-order valence-electron chi connectivity index (χ0n) is 17.3. The quantitative estimate of drug-likeness (QED) is 0.576. The highest BCUT2D eigenvalue weighted by Gasteiger charge is 2.22. The molecule has 0 aliphatic carbocycles. The average molecular weight is 478 g/mol. The lowest BCUT2D eigenvalue weighted by Gasteiger charge is -2.36. The van der Waals surface area contributed by atoms with Crippen molar-refractivity contribution in [3.05, 3.63) is 94.0 Å². The molecule has 31 heavy (non-hydrogen) atoms. The van der Waals surface area contributed by atoms with Crippen LogP contribution in [0, 0.1) is 6.92 Å². The number of nitrogens with one attached hydrogen (secondary N) is 1. The van der Waals surface area contributed by atoms with Gasteiger partial charge in [0, 0.05) is 47.6 Å². The van der Waals surface area contributed by atoms with Gasteiger partial charge in [-0.2, -0.15) is 0 Å². The van der Waals surface area contributed by atoms with Crippen LogP contribution in [0.3, 0.4) is 0 Å². The number of amides is 2. The number of anilines is 2. The van der Waals surface area contributed by atoms with Gasteiger partial charge >= 0.3 is 0 Å². The number of benzene rings is 3. The summed E-state index contributed by atoms with van der Waals surface area (Å²) in [5.41, 5.74) is 4.32. The van der Waals surface area contributed by atoms with Gasteiger partial charge in [-0.25, -0.2) is 0 Å². The van der Waals surface area contributed by atoms with Gasteiger partial charge in [0.2, 0.25) is 0 Å². The van der Waals surface area contributed by atoms with Crippen LogP contribution in [-0.2, 0) is 0 Å². The van der Waals surface area contributed by atoms with E-state index in [2.05, 4.69) is 26.1 Å². The van der Waals surface area contributed by atoms with Crippen molar-refractivity contribution in [1.29, 1.82) is 0 Å². The zero-order chi connectivity index (χ0) is 21.8. The van der Waals surface area contributed by atoms with Crippen LogP contribution >= 0.6 is 15.9 Å². The fourth-order valence-electron chi connectivity index (χ4n) is 3.65. The molecule has 0 spiro atoms. The molecule has 0 aromatic heterocycles. The Balaban J connectivity index is 1.34. The third-order valence-electron chi connectivity index (χ3n) is 5.47. The third kappa shape index (κ3) is 4.97.